The van der Waals surface area contributed by atoms with Gasteiger partial charge in [0.05, 0.1) is 11.7 Å². The second kappa shape index (κ2) is 10.1. The van der Waals surface area contributed by atoms with Gasteiger partial charge < -0.3 is 20.3 Å². The van der Waals surface area contributed by atoms with E-state index in [-0.39, 0.29) is 36.6 Å². The number of amides is 1. The molecular weight excluding hydrogens is 459 g/mol. The van der Waals surface area contributed by atoms with E-state index in [0.29, 0.717) is 0 Å². The number of benzene rings is 3. The first-order chi connectivity index (χ1) is 16.7. The molecule has 0 saturated heterocycles. The molecule has 2 unspecified atom stereocenters. The lowest BCUT2D eigenvalue weighted by Gasteiger charge is -2.21. The van der Waals surface area contributed by atoms with Crippen molar-refractivity contribution in [2.24, 2.45) is 0 Å². The molecule has 35 heavy (non-hydrogen) atoms. The quantitative estimate of drug-likeness (QED) is 0.422. The van der Waals surface area contributed by atoms with Crippen molar-refractivity contribution < 1.29 is 32.9 Å². The fraction of sp³-hybridized carbons (Fsp3) is 0.296. The predicted octanol–water partition coefficient (Wildman–Crippen LogP) is 5.34. The molecule has 0 saturated carbocycles. The van der Waals surface area contributed by atoms with Gasteiger partial charge in [0.25, 0.3) is 0 Å². The van der Waals surface area contributed by atoms with Crippen LogP contribution in [0, 0.1) is 6.92 Å². The number of fused-ring (bicyclic) bond motifs is 3. The minimum absolute atomic E-state index is 0.00811. The highest BCUT2D eigenvalue weighted by Crippen LogP contribution is 2.44. The number of nitrogens with one attached hydrogen (secondary N) is 1. The second-order valence-electron chi connectivity index (χ2n) is 8.62. The molecule has 0 aromatic heterocycles. The third-order valence-corrected chi connectivity index (χ3v) is 6.33. The number of ether oxygens (including phenoxy) is 1. The average molecular weight is 486 g/mol. The summed E-state index contributed by atoms with van der Waals surface area (Å²) in [6.45, 7) is 1.61. The molecule has 0 aliphatic heterocycles. The lowest BCUT2D eigenvalue weighted by molar-refractivity contribution is -0.137. The second-order valence-corrected chi connectivity index (χ2v) is 8.62. The van der Waals surface area contributed by atoms with Gasteiger partial charge in [-0.1, -0.05) is 54.6 Å². The zero-order valence-electron chi connectivity index (χ0n) is 19.0. The number of hydrogen-bond acceptors (Lipinski definition) is 4. The first-order valence-corrected chi connectivity index (χ1v) is 11.3. The average Bonchev–Trinajstić information content (AvgIpc) is 3.15. The summed E-state index contributed by atoms with van der Waals surface area (Å²) in [7, 11) is 0. The molecular formula is C27H26F3NO4. The van der Waals surface area contributed by atoms with Gasteiger partial charge in [-0.3, -0.25) is 0 Å². The molecule has 184 valence electrons. The normalized spacial score (nSPS) is 14.7. The molecule has 3 N–H and O–H groups in total. The third-order valence-electron chi connectivity index (χ3n) is 6.33. The van der Waals surface area contributed by atoms with Crippen molar-refractivity contribution in [1.82, 2.24) is 5.32 Å². The third kappa shape index (κ3) is 5.33. The Hall–Kier alpha value is -3.36. The lowest BCUT2D eigenvalue weighted by Crippen LogP contribution is -2.30. The molecule has 1 aliphatic rings. The summed E-state index contributed by atoms with van der Waals surface area (Å²) < 4.78 is 44.0. The number of halogens is 3. The Balaban J connectivity index is 1.28. The Morgan fingerprint density at radius 1 is 1.00 bits per heavy atom. The standard InChI is InChI=1S/C27H26F3NO4/c1-16-14-17(27(28,29)30)10-11-18(16)25(33)24(32)12-13-31-26(34)35-15-23-21-8-4-2-6-19(21)20-7-3-5-9-22(20)23/h2-11,14,23-25,32-33H,12-13,15H2,1H3,(H,31,34). The van der Waals surface area contributed by atoms with Crippen LogP contribution in [-0.4, -0.2) is 35.6 Å². The van der Waals surface area contributed by atoms with Crippen molar-refractivity contribution in [1.29, 1.82) is 0 Å². The van der Waals surface area contributed by atoms with Gasteiger partial charge in [-0.25, -0.2) is 4.79 Å². The fourth-order valence-electron chi connectivity index (χ4n) is 4.52. The molecule has 0 spiro atoms. The van der Waals surface area contributed by atoms with Crippen molar-refractivity contribution >= 4 is 6.09 Å². The monoisotopic (exact) mass is 485 g/mol. The van der Waals surface area contributed by atoms with Gasteiger partial charge in [0.2, 0.25) is 0 Å². The molecule has 0 fully saturated rings. The Morgan fingerprint density at radius 3 is 2.17 bits per heavy atom. The van der Waals surface area contributed by atoms with Crippen LogP contribution in [0.5, 0.6) is 0 Å². The Labute approximate surface area is 201 Å². The van der Waals surface area contributed by atoms with Crippen LogP contribution < -0.4 is 5.32 Å². The van der Waals surface area contributed by atoms with E-state index in [0.717, 1.165) is 40.5 Å². The van der Waals surface area contributed by atoms with E-state index in [1.807, 2.05) is 48.5 Å². The van der Waals surface area contributed by atoms with Crippen molar-refractivity contribution in [3.05, 3.63) is 94.5 Å². The minimum Gasteiger partial charge on any atom is -0.449 e. The van der Waals surface area contributed by atoms with Crippen LogP contribution in [0.25, 0.3) is 11.1 Å². The van der Waals surface area contributed by atoms with Crippen LogP contribution in [0.2, 0.25) is 0 Å². The van der Waals surface area contributed by atoms with Crippen LogP contribution in [0.4, 0.5) is 18.0 Å². The number of hydrogen-bond donors (Lipinski definition) is 3. The van der Waals surface area contributed by atoms with Crippen molar-refractivity contribution in [3.8, 4) is 11.1 Å². The van der Waals surface area contributed by atoms with Gasteiger partial charge in [-0.05, 0) is 58.9 Å². The number of aliphatic hydroxyl groups is 2. The maximum atomic E-state index is 12.8. The van der Waals surface area contributed by atoms with E-state index in [2.05, 4.69) is 5.32 Å². The number of aryl methyl sites for hydroxylation is 1. The Bertz CT molecular complexity index is 1170. The molecule has 3 aromatic carbocycles. The number of alkyl carbamates (subject to hydrolysis) is 1. The van der Waals surface area contributed by atoms with Crippen molar-refractivity contribution in [3.63, 3.8) is 0 Å². The Kier molecular flexibility index (Phi) is 7.14. The van der Waals surface area contributed by atoms with Crippen LogP contribution in [0.15, 0.2) is 66.7 Å². The van der Waals surface area contributed by atoms with E-state index in [4.69, 9.17) is 4.74 Å². The maximum Gasteiger partial charge on any atom is 0.416 e. The first-order valence-electron chi connectivity index (χ1n) is 11.3. The lowest BCUT2D eigenvalue weighted by atomic mass is 9.96. The fourth-order valence-corrected chi connectivity index (χ4v) is 4.52. The predicted molar refractivity (Wildman–Crippen MR) is 125 cm³/mol. The summed E-state index contributed by atoms with van der Waals surface area (Å²) in [5.74, 6) is -0.0804. The molecule has 4 rings (SSSR count). The highest BCUT2D eigenvalue weighted by Gasteiger charge is 2.32. The molecule has 3 aromatic rings. The molecule has 8 heteroatoms. The van der Waals surface area contributed by atoms with Gasteiger partial charge in [-0.15, -0.1) is 0 Å². The summed E-state index contributed by atoms with van der Waals surface area (Å²) in [4.78, 5) is 12.2. The Morgan fingerprint density at radius 2 is 1.60 bits per heavy atom. The van der Waals surface area contributed by atoms with Crippen molar-refractivity contribution in [2.75, 3.05) is 13.2 Å². The maximum absolute atomic E-state index is 12.8. The number of aliphatic hydroxyl groups excluding tert-OH is 2. The number of carbonyl (C=O) groups is 1. The molecule has 0 bridgehead atoms. The largest absolute Gasteiger partial charge is 0.449 e. The highest BCUT2D eigenvalue weighted by atomic mass is 19.4. The van der Waals surface area contributed by atoms with Crippen LogP contribution in [0.1, 0.15) is 46.3 Å². The highest BCUT2D eigenvalue weighted by molar-refractivity contribution is 5.79. The zero-order chi connectivity index (χ0) is 25.2. The van der Waals surface area contributed by atoms with E-state index in [1.165, 1.54) is 6.92 Å². The number of alkyl halides is 3. The van der Waals surface area contributed by atoms with E-state index < -0.39 is 30.0 Å². The summed E-state index contributed by atoms with van der Waals surface area (Å²) in [5.41, 5.74) is 4.01. The molecule has 0 radical (unpaired) electrons. The summed E-state index contributed by atoms with van der Waals surface area (Å²) in [6.07, 6.45) is -7.81. The van der Waals surface area contributed by atoms with Crippen LogP contribution >= 0.6 is 0 Å². The van der Waals surface area contributed by atoms with Crippen LogP contribution in [-0.2, 0) is 10.9 Å². The van der Waals surface area contributed by atoms with E-state index in [9.17, 15) is 28.2 Å². The minimum atomic E-state index is -4.49. The smallest absolute Gasteiger partial charge is 0.416 e. The van der Waals surface area contributed by atoms with Gasteiger partial charge in [0.15, 0.2) is 0 Å². The summed E-state index contributed by atoms with van der Waals surface area (Å²) in [5, 5.41) is 23.2. The molecule has 1 amide bonds. The van der Waals surface area contributed by atoms with Gasteiger partial charge in [0.1, 0.15) is 12.7 Å². The van der Waals surface area contributed by atoms with E-state index in [1.54, 1.807) is 0 Å². The molecule has 0 heterocycles. The molecule has 5 nitrogen and oxygen atoms in total. The topological polar surface area (TPSA) is 78.8 Å². The summed E-state index contributed by atoms with van der Waals surface area (Å²) in [6, 6.07) is 18.9. The zero-order valence-corrected chi connectivity index (χ0v) is 19.0. The first kappa shape index (κ1) is 24.8. The van der Waals surface area contributed by atoms with Gasteiger partial charge >= 0.3 is 12.3 Å². The van der Waals surface area contributed by atoms with Crippen LogP contribution in [0.3, 0.4) is 0 Å². The summed E-state index contributed by atoms with van der Waals surface area (Å²) >= 11 is 0. The number of rotatable bonds is 7. The van der Waals surface area contributed by atoms with Gasteiger partial charge in [0, 0.05) is 12.5 Å². The number of carbonyl (C=O) groups excluding carboxylic acids is 1. The molecule has 2 atom stereocenters. The van der Waals surface area contributed by atoms with E-state index >= 15 is 0 Å². The van der Waals surface area contributed by atoms with Gasteiger partial charge in [-0.2, -0.15) is 13.2 Å². The SMILES string of the molecule is Cc1cc(C(F)(F)F)ccc1C(O)C(O)CCNC(=O)OCC1c2ccccc2-c2ccccc21. The molecule has 1 aliphatic carbocycles. The van der Waals surface area contributed by atoms with Crippen molar-refractivity contribution in [2.45, 2.75) is 37.6 Å².